The third kappa shape index (κ3) is 3.27. The molecule has 0 aliphatic carbocycles. The van der Waals surface area contributed by atoms with E-state index in [0.717, 1.165) is 10.3 Å². The summed E-state index contributed by atoms with van der Waals surface area (Å²) in [6.07, 6.45) is 0. The monoisotopic (exact) mass is 488 g/mol. The summed E-state index contributed by atoms with van der Waals surface area (Å²) in [5.41, 5.74) is 0.689. The number of fused-ring (bicyclic) bond motifs is 1. The van der Waals surface area contributed by atoms with E-state index in [0.29, 0.717) is 27.4 Å². The van der Waals surface area contributed by atoms with E-state index in [1.807, 2.05) is 30.3 Å². The van der Waals surface area contributed by atoms with E-state index < -0.39 is 22.7 Å². The van der Waals surface area contributed by atoms with Gasteiger partial charge >= 0.3 is 5.97 Å². The molecule has 0 saturated heterocycles. The van der Waals surface area contributed by atoms with Crippen LogP contribution in [-0.4, -0.2) is 27.8 Å². The van der Waals surface area contributed by atoms with Crippen LogP contribution in [0.15, 0.2) is 91.0 Å². The molecule has 0 radical (unpaired) electrons. The molecule has 0 fully saturated rings. The van der Waals surface area contributed by atoms with E-state index >= 15 is 0 Å². The molecule has 1 heterocycles. The van der Waals surface area contributed by atoms with Crippen LogP contribution in [0.25, 0.3) is 32.7 Å². The topological polar surface area (TPSA) is 118 Å². The smallest absolute Gasteiger partial charge is 0.335 e. The lowest BCUT2D eigenvalue weighted by atomic mass is 9.87. The first-order valence-electron chi connectivity index (χ1n) is 11.3. The number of aromatic carboxylic acids is 1. The number of nitro groups is 1. The predicted octanol–water partition coefficient (Wildman–Crippen LogP) is 6.07. The van der Waals surface area contributed by atoms with Crippen LogP contribution in [0.3, 0.4) is 0 Å². The molecular formula is C29H16N2O6. The average molecular weight is 488 g/mol. The van der Waals surface area contributed by atoms with Crippen molar-refractivity contribution in [1.29, 1.82) is 0 Å². The molecule has 1 aliphatic heterocycles. The van der Waals surface area contributed by atoms with Crippen LogP contribution in [0, 0.1) is 10.1 Å². The number of carbonyl (C=O) groups excluding carboxylic acids is 2. The van der Waals surface area contributed by atoms with Crippen LogP contribution in [0.5, 0.6) is 0 Å². The number of carboxylic acid groups (broad SMARTS) is 1. The van der Waals surface area contributed by atoms with Crippen LogP contribution in [0.1, 0.15) is 31.1 Å². The number of nitro benzene ring substituents is 1. The summed E-state index contributed by atoms with van der Waals surface area (Å²) < 4.78 is 0. The Hall–Kier alpha value is -5.37. The van der Waals surface area contributed by atoms with Crippen molar-refractivity contribution in [1.82, 2.24) is 0 Å². The van der Waals surface area contributed by atoms with E-state index in [9.17, 15) is 29.6 Å². The Labute approximate surface area is 209 Å². The van der Waals surface area contributed by atoms with Crippen molar-refractivity contribution in [3.05, 3.63) is 118 Å². The number of nitrogens with zero attached hydrogens (tertiary/aromatic N) is 2. The Kier molecular flexibility index (Phi) is 4.84. The summed E-state index contributed by atoms with van der Waals surface area (Å²) in [6.45, 7) is 0. The van der Waals surface area contributed by atoms with Crippen LogP contribution in [-0.2, 0) is 0 Å². The van der Waals surface area contributed by atoms with Crippen molar-refractivity contribution < 1.29 is 24.4 Å². The second-order valence-corrected chi connectivity index (χ2v) is 8.63. The first-order chi connectivity index (χ1) is 17.9. The van der Waals surface area contributed by atoms with Gasteiger partial charge in [-0.3, -0.25) is 19.7 Å². The molecule has 1 N–H and O–H groups in total. The van der Waals surface area contributed by atoms with Gasteiger partial charge in [-0.15, -0.1) is 0 Å². The van der Waals surface area contributed by atoms with Crippen molar-refractivity contribution in [3.63, 3.8) is 0 Å². The van der Waals surface area contributed by atoms with Crippen molar-refractivity contribution in [2.45, 2.75) is 0 Å². The van der Waals surface area contributed by atoms with Crippen LogP contribution in [0.4, 0.5) is 11.4 Å². The zero-order valence-electron chi connectivity index (χ0n) is 19.0. The molecule has 0 bridgehead atoms. The fourth-order valence-electron chi connectivity index (χ4n) is 5.03. The summed E-state index contributed by atoms with van der Waals surface area (Å²) >= 11 is 0. The lowest BCUT2D eigenvalue weighted by Crippen LogP contribution is -2.40. The molecule has 6 rings (SSSR count). The van der Waals surface area contributed by atoms with Gasteiger partial charge in [0.05, 0.1) is 27.3 Å². The molecule has 5 aromatic carbocycles. The van der Waals surface area contributed by atoms with Crippen molar-refractivity contribution in [2.75, 3.05) is 4.90 Å². The molecule has 0 aromatic heterocycles. The minimum absolute atomic E-state index is 0.0305. The Bertz CT molecular complexity index is 1840. The molecular weight excluding hydrogens is 472 g/mol. The number of imide groups is 1. The largest absolute Gasteiger partial charge is 0.478 e. The van der Waals surface area contributed by atoms with Gasteiger partial charge in [-0.05, 0) is 40.6 Å². The Balaban J connectivity index is 1.66. The highest BCUT2D eigenvalue weighted by molar-refractivity contribution is 6.38. The second kappa shape index (κ2) is 8.10. The van der Waals surface area contributed by atoms with Gasteiger partial charge in [-0.2, -0.15) is 0 Å². The number of benzene rings is 5. The van der Waals surface area contributed by atoms with Crippen molar-refractivity contribution >= 4 is 50.7 Å². The minimum Gasteiger partial charge on any atom is -0.478 e. The quantitative estimate of drug-likeness (QED) is 0.186. The SMILES string of the molecule is O=C(O)c1cccc(-c2c([N+](=O)[O-])cc3c4c(cccc24)C(=O)N(c2cccc4ccccc24)C3=O)c1. The molecule has 178 valence electrons. The fraction of sp³-hybridized carbons (Fsp3) is 0. The first kappa shape index (κ1) is 22.1. The number of anilines is 1. The highest BCUT2D eigenvalue weighted by Gasteiger charge is 2.37. The number of carboxylic acids is 1. The van der Waals surface area contributed by atoms with Gasteiger partial charge in [-0.25, -0.2) is 9.69 Å². The molecule has 0 saturated carbocycles. The molecule has 37 heavy (non-hydrogen) atoms. The lowest BCUT2D eigenvalue weighted by Gasteiger charge is -2.28. The highest BCUT2D eigenvalue weighted by atomic mass is 16.6. The van der Waals surface area contributed by atoms with Crippen LogP contribution in [0.2, 0.25) is 0 Å². The Morgan fingerprint density at radius 3 is 2.24 bits per heavy atom. The maximum Gasteiger partial charge on any atom is 0.335 e. The molecule has 2 amide bonds. The average Bonchev–Trinajstić information content (AvgIpc) is 2.91. The Morgan fingerprint density at radius 2 is 1.46 bits per heavy atom. The predicted molar refractivity (Wildman–Crippen MR) is 138 cm³/mol. The fourth-order valence-corrected chi connectivity index (χ4v) is 5.03. The van der Waals surface area contributed by atoms with Crippen LogP contribution < -0.4 is 4.90 Å². The standard InChI is InChI=1S/C29H16N2O6/c32-27-21-12-5-11-20-25(17-8-3-9-18(14-17)29(34)35)24(31(36)37)15-22(26(20)21)28(33)30(27)23-13-4-7-16-6-1-2-10-19(16)23/h1-15H,(H,34,35). The summed E-state index contributed by atoms with van der Waals surface area (Å²) in [7, 11) is 0. The molecule has 1 aliphatic rings. The van der Waals surface area contributed by atoms with Gasteiger partial charge in [0.2, 0.25) is 0 Å². The zero-order chi connectivity index (χ0) is 25.8. The van der Waals surface area contributed by atoms with Gasteiger partial charge in [0, 0.05) is 22.4 Å². The number of carbonyl (C=O) groups is 3. The van der Waals surface area contributed by atoms with E-state index in [2.05, 4.69) is 0 Å². The second-order valence-electron chi connectivity index (χ2n) is 8.63. The normalized spacial score (nSPS) is 12.8. The van der Waals surface area contributed by atoms with E-state index in [-0.39, 0.29) is 27.9 Å². The third-order valence-electron chi connectivity index (χ3n) is 6.61. The summed E-state index contributed by atoms with van der Waals surface area (Å²) in [4.78, 5) is 51.8. The lowest BCUT2D eigenvalue weighted by molar-refractivity contribution is -0.384. The first-order valence-corrected chi connectivity index (χ1v) is 11.3. The summed E-state index contributed by atoms with van der Waals surface area (Å²) in [5, 5.41) is 23.8. The molecule has 0 atom stereocenters. The van der Waals surface area contributed by atoms with Gasteiger partial charge < -0.3 is 5.11 Å². The van der Waals surface area contributed by atoms with E-state index in [1.165, 1.54) is 24.3 Å². The molecule has 8 nitrogen and oxygen atoms in total. The zero-order valence-corrected chi connectivity index (χ0v) is 19.0. The van der Waals surface area contributed by atoms with Gasteiger partial charge in [0.1, 0.15) is 0 Å². The molecule has 5 aromatic rings. The maximum absolute atomic E-state index is 13.8. The summed E-state index contributed by atoms with van der Waals surface area (Å²) in [5.74, 6) is -2.39. The number of rotatable bonds is 4. The number of amides is 2. The highest BCUT2D eigenvalue weighted by Crippen LogP contribution is 2.44. The van der Waals surface area contributed by atoms with Crippen molar-refractivity contribution in [2.24, 2.45) is 0 Å². The maximum atomic E-state index is 13.8. The van der Waals surface area contributed by atoms with Gasteiger partial charge in [-0.1, -0.05) is 60.7 Å². The van der Waals surface area contributed by atoms with E-state index in [4.69, 9.17) is 0 Å². The summed E-state index contributed by atoms with van der Waals surface area (Å²) in [6, 6.07) is 24.4. The molecule has 0 spiro atoms. The third-order valence-corrected chi connectivity index (χ3v) is 6.61. The van der Waals surface area contributed by atoms with Gasteiger partial charge in [0.25, 0.3) is 17.5 Å². The molecule has 8 heteroatoms. The minimum atomic E-state index is -1.18. The number of hydrogen-bond acceptors (Lipinski definition) is 5. The van der Waals surface area contributed by atoms with E-state index in [1.54, 1.807) is 36.4 Å². The van der Waals surface area contributed by atoms with Crippen LogP contribution >= 0.6 is 0 Å². The molecule has 0 unspecified atom stereocenters. The number of hydrogen-bond donors (Lipinski definition) is 1. The van der Waals surface area contributed by atoms with Crippen molar-refractivity contribution in [3.8, 4) is 11.1 Å². The van der Waals surface area contributed by atoms with Gasteiger partial charge in [0.15, 0.2) is 0 Å². The Morgan fingerprint density at radius 1 is 0.784 bits per heavy atom.